The van der Waals surface area contributed by atoms with Crippen molar-refractivity contribution in [3.63, 3.8) is 0 Å². The van der Waals surface area contributed by atoms with E-state index in [-0.39, 0.29) is 17.4 Å². The number of fused-ring (bicyclic) bond motifs is 1. The Morgan fingerprint density at radius 2 is 1.88 bits per heavy atom. The molecule has 5 rings (SSSR count). The number of hydrogen-bond donors (Lipinski definition) is 1. The van der Waals surface area contributed by atoms with Crippen molar-refractivity contribution in [3.8, 4) is 0 Å². The summed E-state index contributed by atoms with van der Waals surface area (Å²) in [5.41, 5.74) is 2.36. The summed E-state index contributed by atoms with van der Waals surface area (Å²) in [7, 11) is 0. The largest absolute Gasteiger partial charge is 0.337 e. The van der Waals surface area contributed by atoms with Gasteiger partial charge in [-0.05, 0) is 43.7 Å². The Hall–Kier alpha value is -2.54. The van der Waals surface area contributed by atoms with Gasteiger partial charge in [-0.2, -0.15) is 0 Å². The first kappa shape index (κ1) is 21.3. The van der Waals surface area contributed by atoms with Crippen LogP contribution in [0.4, 0.5) is 0 Å². The molecule has 2 fully saturated rings. The summed E-state index contributed by atoms with van der Waals surface area (Å²) in [6.07, 6.45) is 10.9. The minimum absolute atomic E-state index is 0.0194. The van der Waals surface area contributed by atoms with Crippen molar-refractivity contribution < 1.29 is 4.79 Å². The van der Waals surface area contributed by atoms with Gasteiger partial charge in [0, 0.05) is 51.3 Å². The molecular weight excluding hydrogens is 402 g/mol. The Bertz CT molecular complexity index is 991. The molecule has 0 unspecified atom stereocenters. The summed E-state index contributed by atoms with van der Waals surface area (Å²) in [6.45, 7) is 4.16. The van der Waals surface area contributed by atoms with E-state index in [4.69, 9.17) is 4.98 Å². The molecule has 1 saturated carbocycles. The van der Waals surface area contributed by atoms with Gasteiger partial charge in [0.15, 0.2) is 0 Å². The van der Waals surface area contributed by atoms with E-state index in [1.807, 2.05) is 17.0 Å². The van der Waals surface area contributed by atoms with Crippen molar-refractivity contribution in [2.45, 2.75) is 63.8 Å². The van der Waals surface area contributed by atoms with Gasteiger partial charge in [-0.15, -0.1) is 0 Å². The molecule has 170 valence electrons. The Balaban J connectivity index is 1.21. The highest BCUT2D eigenvalue weighted by Gasteiger charge is 2.29. The molecule has 2 aromatic rings. The maximum Gasteiger partial charge on any atom is 0.272 e. The van der Waals surface area contributed by atoms with E-state index >= 15 is 0 Å². The van der Waals surface area contributed by atoms with Gasteiger partial charge in [0.05, 0.1) is 11.3 Å². The van der Waals surface area contributed by atoms with E-state index in [0.29, 0.717) is 18.8 Å². The van der Waals surface area contributed by atoms with E-state index < -0.39 is 0 Å². The number of carbonyl (C=O) groups is 1. The van der Waals surface area contributed by atoms with Crippen molar-refractivity contribution in [1.29, 1.82) is 0 Å². The smallest absolute Gasteiger partial charge is 0.272 e. The Labute approximate surface area is 189 Å². The van der Waals surface area contributed by atoms with Crippen molar-refractivity contribution in [2.75, 3.05) is 26.2 Å². The van der Waals surface area contributed by atoms with Gasteiger partial charge >= 0.3 is 0 Å². The van der Waals surface area contributed by atoms with Crippen molar-refractivity contribution in [1.82, 2.24) is 24.8 Å². The average Bonchev–Trinajstić information content (AvgIpc) is 2.85. The average molecular weight is 436 g/mol. The molecule has 32 heavy (non-hydrogen) atoms. The van der Waals surface area contributed by atoms with Crippen LogP contribution in [0.1, 0.15) is 78.4 Å². The van der Waals surface area contributed by atoms with Gasteiger partial charge in [0.2, 0.25) is 0 Å². The second kappa shape index (κ2) is 9.53. The standard InChI is InChI=1S/C25H33N5O2/c31-24-20-17-29(16-18-6-2-1-3-7-18)13-11-21(20)27-23(28-24)19-9-14-30(15-10-19)25(32)22-8-4-5-12-26-22/h4-5,8,12,18-19H,1-3,6-7,9-11,13-17H2,(H,27,28,31). The highest BCUT2D eigenvalue weighted by molar-refractivity contribution is 5.92. The lowest BCUT2D eigenvalue weighted by Gasteiger charge is -2.34. The minimum atomic E-state index is -0.0194. The van der Waals surface area contributed by atoms with Gasteiger partial charge < -0.3 is 9.88 Å². The number of aromatic nitrogens is 3. The second-order valence-corrected chi connectivity index (χ2v) is 9.65. The first-order valence-corrected chi connectivity index (χ1v) is 12.2. The van der Waals surface area contributed by atoms with Gasteiger partial charge in [-0.1, -0.05) is 25.3 Å². The molecule has 2 aromatic heterocycles. The number of rotatable bonds is 4. The van der Waals surface area contributed by atoms with Gasteiger partial charge in [0.25, 0.3) is 11.5 Å². The molecule has 7 heteroatoms. The molecular formula is C25H33N5O2. The predicted molar refractivity (Wildman–Crippen MR) is 123 cm³/mol. The van der Waals surface area contributed by atoms with Crippen LogP contribution in [0.2, 0.25) is 0 Å². The Kier molecular flexibility index (Phi) is 6.35. The third-order valence-corrected chi connectivity index (χ3v) is 7.46. The molecule has 1 amide bonds. The summed E-state index contributed by atoms with van der Waals surface area (Å²) in [5, 5.41) is 0. The number of carbonyl (C=O) groups excluding carboxylic acids is 1. The number of amides is 1. The van der Waals surface area contributed by atoms with Gasteiger partial charge in [-0.3, -0.25) is 19.5 Å². The number of nitrogens with one attached hydrogen (secondary N) is 1. The first-order valence-electron chi connectivity index (χ1n) is 12.2. The van der Waals surface area contributed by atoms with Crippen LogP contribution in [0.3, 0.4) is 0 Å². The molecule has 0 bridgehead atoms. The van der Waals surface area contributed by atoms with Crippen LogP contribution >= 0.6 is 0 Å². The minimum Gasteiger partial charge on any atom is -0.337 e. The SMILES string of the molecule is O=C(c1ccccn1)N1CCC(c2nc3c(c(=O)[nH]2)CN(CC2CCCCC2)CC3)CC1. The Morgan fingerprint density at radius 1 is 1.06 bits per heavy atom. The van der Waals surface area contributed by atoms with Crippen molar-refractivity contribution in [3.05, 3.63) is 57.5 Å². The predicted octanol–water partition coefficient (Wildman–Crippen LogP) is 3.12. The number of aromatic amines is 1. The molecule has 0 spiro atoms. The number of H-pyrrole nitrogens is 1. The normalized spacial score (nSPS) is 20.8. The first-order chi connectivity index (χ1) is 15.7. The molecule has 0 aromatic carbocycles. The topological polar surface area (TPSA) is 82.2 Å². The second-order valence-electron chi connectivity index (χ2n) is 9.65. The molecule has 0 radical (unpaired) electrons. The van der Waals surface area contributed by atoms with Crippen molar-refractivity contribution in [2.24, 2.45) is 5.92 Å². The quantitative estimate of drug-likeness (QED) is 0.798. The lowest BCUT2D eigenvalue weighted by atomic mass is 9.88. The number of likely N-dealkylation sites (tertiary alicyclic amines) is 1. The lowest BCUT2D eigenvalue weighted by Crippen LogP contribution is -2.40. The zero-order valence-electron chi connectivity index (χ0n) is 18.8. The van der Waals surface area contributed by atoms with E-state index in [9.17, 15) is 9.59 Å². The van der Waals surface area contributed by atoms with Crippen LogP contribution in [0.5, 0.6) is 0 Å². The van der Waals surface area contributed by atoms with Crippen LogP contribution in [0.15, 0.2) is 29.2 Å². The highest BCUT2D eigenvalue weighted by atomic mass is 16.2. The lowest BCUT2D eigenvalue weighted by molar-refractivity contribution is 0.0705. The number of nitrogens with zero attached hydrogens (tertiary/aromatic N) is 4. The van der Waals surface area contributed by atoms with E-state index in [2.05, 4.69) is 14.9 Å². The monoisotopic (exact) mass is 435 g/mol. The maximum absolute atomic E-state index is 12.9. The molecule has 3 aliphatic rings. The number of pyridine rings is 1. The summed E-state index contributed by atoms with van der Waals surface area (Å²) >= 11 is 0. The molecule has 1 N–H and O–H groups in total. The summed E-state index contributed by atoms with van der Waals surface area (Å²) in [5.74, 6) is 1.77. The fraction of sp³-hybridized carbons (Fsp3) is 0.600. The molecule has 2 aliphatic heterocycles. The van der Waals surface area contributed by atoms with Gasteiger partial charge in [-0.25, -0.2) is 4.98 Å². The van der Waals surface area contributed by atoms with E-state index in [1.165, 1.54) is 32.1 Å². The van der Waals surface area contributed by atoms with E-state index in [1.54, 1.807) is 12.3 Å². The van der Waals surface area contributed by atoms with E-state index in [0.717, 1.165) is 61.9 Å². The molecule has 4 heterocycles. The summed E-state index contributed by atoms with van der Waals surface area (Å²) < 4.78 is 0. The van der Waals surface area contributed by atoms with Crippen LogP contribution < -0.4 is 5.56 Å². The van der Waals surface area contributed by atoms with Crippen LogP contribution in [-0.2, 0) is 13.0 Å². The number of piperidine rings is 1. The van der Waals surface area contributed by atoms with Gasteiger partial charge in [0.1, 0.15) is 11.5 Å². The molecule has 0 atom stereocenters. The van der Waals surface area contributed by atoms with Crippen LogP contribution in [0, 0.1) is 5.92 Å². The fourth-order valence-corrected chi connectivity index (χ4v) is 5.59. The third-order valence-electron chi connectivity index (χ3n) is 7.46. The van der Waals surface area contributed by atoms with Crippen LogP contribution in [0.25, 0.3) is 0 Å². The van der Waals surface area contributed by atoms with Crippen molar-refractivity contribution >= 4 is 5.91 Å². The molecule has 1 saturated heterocycles. The fourth-order valence-electron chi connectivity index (χ4n) is 5.59. The summed E-state index contributed by atoms with van der Waals surface area (Å²) in [4.78, 5) is 42.1. The van der Waals surface area contributed by atoms with Crippen LogP contribution in [-0.4, -0.2) is 56.8 Å². The highest BCUT2D eigenvalue weighted by Crippen LogP contribution is 2.28. The zero-order valence-corrected chi connectivity index (χ0v) is 18.8. The molecule has 7 nitrogen and oxygen atoms in total. The zero-order chi connectivity index (χ0) is 21.9. The Morgan fingerprint density at radius 3 is 2.62 bits per heavy atom. The maximum atomic E-state index is 12.9. The third kappa shape index (κ3) is 4.63. The number of hydrogen-bond acceptors (Lipinski definition) is 5. The molecule has 1 aliphatic carbocycles. The summed E-state index contributed by atoms with van der Waals surface area (Å²) in [6, 6.07) is 5.41.